The van der Waals surface area contributed by atoms with Crippen molar-refractivity contribution < 1.29 is 13.7 Å². The number of hydrogen-bond donors (Lipinski definition) is 1. The molecule has 0 aromatic carbocycles. The molecule has 1 aromatic heterocycles. The molecule has 2 heterocycles. The summed E-state index contributed by atoms with van der Waals surface area (Å²) in [5.74, 6) is 0. The van der Waals surface area contributed by atoms with Crippen LogP contribution in [0.4, 0.5) is 4.39 Å². The Balaban J connectivity index is 2.45. The largest absolute Gasteiger partial charge is 0.525 e. The molecular weight excluding hydrogens is 324 g/mol. The van der Waals surface area contributed by atoms with Crippen molar-refractivity contribution in [1.82, 2.24) is 0 Å². The van der Waals surface area contributed by atoms with E-state index in [1.54, 1.807) is 11.3 Å². The summed E-state index contributed by atoms with van der Waals surface area (Å²) in [6, 6.07) is 4.00. The molecule has 2 N–H and O–H groups in total. The van der Waals surface area contributed by atoms with Gasteiger partial charge in [0.25, 0.3) is 0 Å². The smallest absolute Gasteiger partial charge is 0.398 e. The van der Waals surface area contributed by atoms with Crippen molar-refractivity contribution in [3.8, 4) is 0 Å². The lowest BCUT2D eigenvalue weighted by molar-refractivity contribution is 0.00578. The first-order valence-electron chi connectivity index (χ1n) is 8.44. The molecule has 24 heavy (non-hydrogen) atoms. The van der Waals surface area contributed by atoms with E-state index < -0.39 is 18.3 Å². The van der Waals surface area contributed by atoms with Gasteiger partial charge in [0.15, 0.2) is 0 Å². The van der Waals surface area contributed by atoms with Crippen LogP contribution in [0, 0.1) is 5.41 Å². The Kier molecular flexibility index (Phi) is 5.37. The molecule has 1 aliphatic heterocycles. The molecular formula is C18H29BFNO2S. The van der Waals surface area contributed by atoms with E-state index in [9.17, 15) is 0 Å². The fraction of sp³-hybridized carbons (Fsp3) is 0.667. The van der Waals surface area contributed by atoms with Gasteiger partial charge in [-0.15, -0.1) is 11.3 Å². The number of nitrogens with two attached hydrogens (primary N) is 1. The second-order valence-corrected chi connectivity index (χ2v) is 9.53. The maximum Gasteiger partial charge on any atom is 0.525 e. The third kappa shape index (κ3) is 3.77. The molecule has 1 saturated heterocycles. The topological polar surface area (TPSA) is 44.5 Å². The standard InChI is InChI=1S/C18H29BFNO2S/c1-16(2,3)14(13-9-8-12(24-13)10-11-21)15(20)19-22-17(4,5)18(6,7)23-19/h8-9H,10-11,21H2,1-7H3. The fourth-order valence-corrected chi connectivity index (χ4v) is 3.98. The average molecular weight is 353 g/mol. The first-order valence-corrected chi connectivity index (χ1v) is 9.25. The first kappa shape index (κ1) is 19.6. The van der Waals surface area contributed by atoms with E-state index in [2.05, 4.69) is 0 Å². The Bertz CT molecular complexity index is 615. The lowest BCUT2D eigenvalue weighted by Crippen LogP contribution is -2.41. The SMILES string of the molecule is CC(C)(C)C(=C(F)B1OC(C)(C)C(C)(C)O1)c1ccc(CCN)s1. The molecule has 0 bridgehead atoms. The van der Waals surface area contributed by atoms with Crippen molar-refractivity contribution in [2.75, 3.05) is 6.54 Å². The molecule has 2 rings (SSSR count). The number of hydrogen-bond acceptors (Lipinski definition) is 4. The van der Waals surface area contributed by atoms with Crippen LogP contribution in [0.5, 0.6) is 0 Å². The second kappa shape index (κ2) is 6.56. The van der Waals surface area contributed by atoms with E-state index in [0.717, 1.165) is 16.2 Å². The fourth-order valence-electron chi connectivity index (χ4n) is 2.70. The van der Waals surface area contributed by atoms with Crippen LogP contribution in [-0.2, 0) is 15.7 Å². The van der Waals surface area contributed by atoms with Gasteiger partial charge in [0.1, 0.15) is 5.73 Å². The molecule has 0 aliphatic carbocycles. The Hall–Kier alpha value is -0.685. The predicted molar refractivity (Wildman–Crippen MR) is 101 cm³/mol. The van der Waals surface area contributed by atoms with Gasteiger partial charge < -0.3 is 15.0 Å². The number of rotatable bonds is 4. The number of allylic oxidation sites excluding steroid dienone is 1. The van der Waals surface area contributed by atoms with Crippen molar-refractivity contribution in [1.29, 1.82) is 0 Å². The van der Waals surface area contributed by atoms with Crippen LogP contribution in [0.15, 0.2) is 17.9 Å². The van der Waals surface area contributed by atoms with E-state index in [-0.39, 0.29) is 11.1 Å². The van der Waals surface area contributed by atoms with Crippen molar-refractivity contribution in [2.45, 2.75) is 66.1 Å². The van der Waals surface area contributed by atoms with Crippen LogP contribution in [0.1, 0.15) is 58.2 Å². The molecule has 0 spiro atoms. The summed E-state index contributed by atoms with van der Waals surface area (Å²) in [5.41, 5.74) is 4.47. The molecule has 1 aliphatic rings. The maximum atomic E-state index is 15.4. The molecule has 0 radical (unpaired) electrons. The minimum atomic E-state index is -0.968. The highest BCUT2D eigenvalue weighted by Gasteiger charge is 2.54. The minimum absolute atomic E-state index is 0.331. The summed E-state index contributed by atoms with van der Waals surface area (Å²) >= 11 is 1.59. The Morgan fingerprint density at radius 3 is 2.17 bits per heavy atom. The molecule has 0 unspecified atom stereocenters. The average Bonchev–Trinajstić information content (AvgIpc) is 2.92. The third-order valence-corrected chi connectivity index (χ3v) is 5.91. The molecule has 6 heteroatoms. The summed E-state index contributed by atoms with van der Waals surface area (Å²) in [5, 5.41) is 0. The summed E-state index contributed by atoms with van der Waals surface area (Å²) < 4.78 is 27.3. The third-order valence-electron chi connectivity index (χ3n) is 4.75. The normalized spacial score (nSPS) is 21.1. The van der Waals surface area contributed by atoms with Crippen LogP contribution in [-0.4, -0.2) is 24.9 Å². The number of thiophene rings is 1. The first-order chi connectivity index (χ1) is 10.9. The van der Waals surface area contributed by atoms with Gasteiger partial charge in [-0.05, 0) is 58.2 Å². The highest BCUT2D eigenvalue weighted by Crippen LogP contribution is 2.45. The molecule has 1 aromatic rings. The van der Waals surface area contributed by atoms with Crippen LogP contribution in [0.3, 0.4) is 0 Å². The Labute approximate surface area is 149 Å². The Morgan fingerprint density at radius 2 is 1.71 bits per heavy atom. The molecule has 3 nitrogen and oxygen atoms in total. The number of halogens is 1. The monoisotopic (exact) mass is 353 g/mol. The maximum absolute atomic E-state index is 15.4. The van der Waals surface area contributed by atoms with Crippen LogP contribution in [0.25, 0.3) is 5.57 Å². The van der Waals surface area contributed by atoms with Crippen molar-refractivity contribution in [2.24, 2.45) is 11.1 Å². The molecule has 134 valence electrons. The summed E-state index contributed by atoms with van der Waals surface area (Å²) in [7, 11) is -0.968. The molecule has 0 atom stereocenters. The van der Waals surface area contributed by atoms with Crippen molar-refractivity contribution >= 4 is 24.0 Å². The lowest BCUT2D eigenvalue weighted by atomic mass is 9.75. The molecule has 0 saturated carbocycles. The van der Waals surface area contributed by atoms with Crippen LogP contribution < -0.4 is 5.73 Å². The molecule has 0 amide bonds. The minimum Gasteiger partial charge on any atom is -0.398 e. The molecule has 1 fully saturated rings. The van der Waals surface area contributed by atoms with Crippen molar-refractivity contribution in [3.05, 3.63) is 27.6 Å². The quantitative estimate of drug-likeness (QED) is 0.804. The zero-order valence-electron chi connectivity index (χ0n) is 15.8. The van der Waals surface area contributed by atoms with E-state index in [1.165, 1.54) is 0 Å². The van der Waals surface area contributed by atoms with Gasteiger partial charge in [-0.1, -0.05) is 20.8 Å². The predicted octanol–water partition coefficient (Wildman–Crippen LogP) is 4.61. The zero-order valence-corrected chi connectivity index (χ0v) is 16.6. The summed E-state index contributed by atoms with van der Waals surface area (Å²) in [4.78, 5) is 2.08. The van der Waals surface area contributed by atoms with E-state index in [0.29, 0.717) is 12.1 Å². The van der Waals surface area contributed by atoms with E-state index in [1.807, 2.05) is 60.6 Å². The zero-order chi connectivity index (χ0) is 18.3. The van der Waals surface area contributed by atoms with Gasteiger partial charge in [-0.3, -0.25) is 0 Å². The summed E-state index contributed by atoms with van der Waals surface area (Å²) in [6.07, 6.45) is 0.806. The van der Waals surface area contributed by atoms with Gasteiger partial charge in [-0.25, -0.2) is 4.39 Å². The highest BCUT2D eigenvalue weighted by molar-refractivity contribution is 7.13. The lowest BCUT2D eigenvalue weighted by Gasteiger charge is -2.32. The highest BCUT2D eigenvalue weighted by atomic mass is 32.1. The van der Waals surface area contributed by atoms with Gasteiger partial charge >= 0.3 is 7.12 Å². The van der Waals surface area contributed by atoms with E-state index in [4.69, 9.17) is 15.0 Å². The van der Waals surface area contributed by atoms with Crippen LogP contribution in [0.2, 0.25) is 0 Å². The van der Waals surface area contributed by atoms with Crippen LogP contribution >= 0.6 is 11.3 Å². The van der Waals surface area contributed by atoms with Gasteiger partial charge in [-0.2, -0.15) is 0 Å². The van der Waals surface area contributed by atoms with Crippen molar-refractivity contribution in [3.63, 3.8) is 0 Å². The van der Waals surface area contributed by atoms with Gasteiger partial charge in [0.2, 0.25) is 0 Å². The van der Waals surface area contributed by atoms with Gasteiger partial charge in [0.05, 0.1) is 11.2 Å². The Morgan fingerprint density at radius 1 is 1.17 bits per heavy atom. The van der Waals surface area contributed by atoms with Gasteiger partial charge in [0, 0.05) is 15.3 Å². The second-order valence-electron chi connectivity index (χ2n) is 8.37. The van der Waals surface area contributed by atoms with E-state index >= 15 is 4.39 Å². The summed E-state index contributed by atoms with van der Waals surface area (Å²) in [6.45, 7) is 14.3.